The van der Waals surface area contributed by atoms with Crippen LogP contribution in [-0.2, 0) is 10.3 Å². The van der Waals surface area contributed by atoms with Crippen molar-refractivity contribution in [3.63, 3.8) is 0 Å². The Hall–Kier alpha value is -3.45. The molecule has 0 bridgehead atoms. The average Bonchev–Trinajstić information content (AvgIpc) is 3.34. The lowest BCUT2D eigenvalue weighted by molar-refractivity contribution is -0.0211. The van der Waals surface area contributed by atoms with Crippen molar-refractivity contribution in [1.29, 1.82) is 0 Å². The lowest BCUT2D eigenvalue weighted by Gasteiger charge is -2.39. The molecule has 7 nitrogen and oxygen atoms in total. The van der Waals surface area contributed by atoms with Crippen LogP contribution in [0.3, 0.4) is 0 Å². The molecule has 1 aromatic carbocycles. The number of pyridine rings is 2. The van der Waals surface area contributed by atoms with Gasteiger partial charge in [-0.3, -0.25) is 4.98 Å². The van der Waals surface area contributed by atoms with Gasteiger partial charge < -0.3 is 14.6 Å². The van der Waals surface area contributed by atoms with E-state index in [0.717, 1.165) is 59.7 Å². The summed E-state index contributed by atoms with van der Waals surface area (Å²) in [4.78, 5) is 31.1. The molecule has 2 aliphatic heterocycles. The monoisotopic (exact) mass is 431 g/mol. The predicted molar refractivity (Wildman–Crippen MR) is 117 cm³/mol. The Morgan fingerprint density at radius 3 is 2.77 bits per heavy atom. The van der Waals surface area contributed by atoms with E-state index in [9.17, 15) is 4.79 Å². The molecule has 1 spiro atoms. The van der Waals surface area contributed by atoms with E-state index in [4.69, 9.17) is 16.3 Å². The van der Waals surface area contributed by atoms with Crippen LogP contribution in [-0.4, -0.2) is 39.0 Å². The molecule has 3 aromatic heterocycles. The van der Waals surface area contributed by atoms with Crippen LogP contribution in [0.25, 0.3) is 22.4 Å². The number of H-pyrrole nitrogens is 1. The summed E-state index contributed by atoms with van der Waals surface area (Å²) in [6.07, 6.45) is 6.61. The summed E-state index contributed by atoms with van der Waals surface area (Å²) in [5, 5.41) is 0.661. The quantitative estimate of drug-likeness (QED) is 0.475. The van der Waals surface area contributed by atoms with E-state index in [2.05, 4.69) is 24.8 Å². The number of nitrogens with zero attached hydrogens (tertiary/aromatic N) is 4. The van der Waals surface area contributed by atoms with Crippen molar-refractivity contribution in [1.82, 2.24) is 19.9 Å². The third-order valence-corrected chi connectivity index (χ3v) is 6.42. The maximum atomic E-state index is 12.2. The fourth-order valence-electron chi connectivity index (χ4n) is 4.54. The molecule has 0 radical (unpaired) electrons. The topological polar surface area (TPSA) is 84.0 Å². The summed E-state index contributed by atoms with van der Waals surface area (Å²) in [7, 11) is 0. The van der Waals surface area contributed by atoms with Crippen LogP contribution in [0.2, 0.25) is 5.02 Å². The molecule has 1 saturated heterocycles. The number of nitrogens with one attached hydrogen (secondary N) is 1. The molecular weight excluding hydrogens is 414 g/mol. The van der Waals surface area contributed by atoms with Gasteiger partial charge in [0, 0.05) is 60.7 Å². The molecule has 1 fully saturated rings. The Balaban J connectivity index is 1.21. The van der Waals surface area contributed by atoms with Crippen LogP contribution in [0.1, 0.15) is 28.8 Å². The molecule has 2 aliphatic rings. The number of carbonyl (C=O) groups is 1. The largest absolute Gasteiger partial charge is 0.450 e. The minimum atomic E-state index is -0.540. The maximum absolute atomic E-state index is 12.2. The molecule has 8 heteroatoms. The molecule has 0 aliphatic carbocycles. The second kappa shape index (κ2) is 6.78. The molecule has 154 valence electrons. The van der Waals surface area contributed by atoms with E-state index < -0.39 is 5.60 Å². The summed E-state index contributed by atoms with van der Waals surface area (Å²) < 4.78 is 5.81. The molecule has 0 unspecified atom stereocenters. The van der Waals surface area contributed by atoms with E-state index in [1.54, 1.807) is 12.4 Å². The van der Waals surface area contributed by atoms with Crippen LogP contribution in [0, 0.1) is 0 Å². The van der Waals surface area contributed by atoms with Gasteiger partial charge in [0.15, 0.2) is 0 Å². The number of benzene rings is 1. The summed E-state index contributed by atoms with van der Waals surface area (Å²) in [6.45, 7) is 1.51. The molecular formula is C23H18ClN5O2. The van der Waals surface area contributed by atoms with E-state index in [-0.39, 0.29) is 5.97 Å². The number of hydrogen-bond donors (Lipinski definition) is 1. The molecule has 5 heterocycles. The van der Waals surface area contributed by atoms with Crippen molar-refractivity contribution in [3.05, 3.63) is 71.1 Å². The minimum Gasteiger partial charge on any atom is -0.450 e. The summed E-state index contributed by atoms with van der Waals surface area (Å²) in [5.74, 6) is 1.39. The number of piperidine rings is 1. The zero-order valence-electron chi connectivity index (χ0n) is 16.5. The number of esters is 1. The van der Waals surface area contributed by atoms with E-state index >= 15 is 0 Å². The van der Waals surface area contributed by atoms with Crippen molar-refractivity contribution in [2.24, 2.45) is 0 Å². The number of fused-ring (bicyclic) bond motifs is 3. The highest BCUT2D eigenvalue weighted by molar-refractivity contribution is 6.31. The highest BCUT2D eigenvalue weighted by atomic mass is 35.5. The first-order chi connectivity index (χ1) is 15.1. The highest BCUT2D eigenvalue weighted by Crippen LogP contribution is 2.44. The van der Waals surface area contributed by atoms with Crippen LogP contribution >= 0.6 is 11.6 Å². The zero-order valence-corrected chi connectivity index (χ0v) is 17.3. The fourth-order valence-corrected chi connectivity index (χ4v) is 4.71. The predicted octanol–water partition coefficient (Wildman–Crippen LogP) is 4.34. The van der Waals surface area contributed by atoms with E-state index in [1.807, 2.05) is 42.6 Å². The third kappa shape index (κ3) is 2.96. The number of rotatable bonds is 2. The highest BCUT2D eigenvalue weighted by Gasteiger charge is 2.47. The van der Waals surface area contributed by atoms with Crippen molar-refractivity contribution >= 4 is 34.4 Å². The lowest BCUT2D eigenvalue weighted by atomic mass is 9.84. The summed E-state index contributed by atoms with van der Waals surface area (Å²) in [6, 6.07) is 11.5. The van der Waals surface area contributed by atoms with Crippen molar-refractivity contribution in [3.8, 4) is 11.4 Å². The Labute approximate surface area is 183 Å². The van der Waals surface area contributed by atoms with Gasteiger partial charge in [0.1, 0.15) is 17.2 Å². The number of carbonyl (C=O) groups excluding carboxylic acids is 1. The number of anilines is 1. The summed E-state index contributed by atoms with van der Waals surface area (Å²) >= 11 is 6.06. The molecule has 0 atom stereocenters. The number of aromatic amines is 1. The van der Waals surface area contributed by atoms with Gasteiger partial charge in [0.25, 0.3) is 0 Å². The molecule has 0 amide bonds. The first kappa shape index (κ1) is 18.3. The van der Waals surface area contributed by atoms with Crippen LogP contribution in [0.5, 0.6) is 0 Å². The first-order valence-corrected chi connectivity index (χ1v) is 10.5. The van der Waals surface area contributed by atoms with Gasteiger partial charge in [-0.25, -0.2) is 14.8 Å². The van der Waals surface area contributed by atoms with Gasteiger partial charge in [-0.15, -0.1) is 0 Å². The van der Waals surface area contributed by atoms with Crippen LogP contribution < -0.4 is 4.90 Å². The second-order valence-electron chi connectivity index (χ2n) is 7.94. The van der Waals surface area contributed by atoms with Crippen LogP contribution in [0.4, 0.5) is 5.82 Å². The Bertz CT molecular complexity index is 1310. The first-order valence-electron chi connectivity index (χ1n) is 10.2. The molecule has 1 N–H and O–H groups in total. The average molecular weight is 432 g/mol. The smallest absolute Gasteiger partial charge is 0.341 e. The molecule has 6 rings (SSSR count). The van der Waals surface area contributed by atoms with E-state index in [1.165, 1.54) is 0 Å². The Kier molecular flexibility index (Phi) is 4.01. The number of aromatic nitrogens is 4. The minimum absolute atomic E-state index is 0.272. The number of imidazole rings is 1. The summed E-state index contributed by atoms with van der Waals surface area (Å²) in [5.41, 5.74) is 3.68. The van der Waals surface area contributed by atoms with Crippen molar-refractivity contribution in [2.45, 2.75) is 18.4 Å². The molecule has 4 aromatic rings. The Morgan fingerprint density at radius 2 is 1.97 bits per heavy atom. The lowest BCUT2D eigenvalue weighted by Crippen LogP contribution is -2.43. The van der Waals surface area contributed by atoms with Gasteiger partial charge in [-0.05, 0) is 36.4 Å². The van der Waals surface area contributed by atoms with E-state index in [0.29, 0.717) is 10.6 Å². The molecule has 31 heavy (non-hydrogen) atoms. The standard InChI is InChI=1S/C23H18ClN5O2/c24-15-2-3-18-19(11-15)28-21(27-18)14-1-4-20(26-12-14)29-9-6-23(7-10-29)17-5-8-25-13-16(17)22(30)31-23/h1-5,8,11-13H,6-7,9-10H2,(H,27,28). The third-order valence-electron chi connectivity index (χ3n) is 6.18. The Morgan fingerprint density at radius 1 is 1.10 bits per heavy atom. The van der Waals surface area contributed by atoms with Crippen LogP contribution in [0.15, 0.2) is 55.0 Å². The SMILES string of the molecule is O=C1OC2(CCN(c3ccc(-c4nc5cc(Cl)ccc5[nH]4)cn3)CC2)c2ccncc21. The zero-order chi connectivity index (χ0) is 21.0. The number of halogens is 1. The second-order valence-corrected chi connectivity index (χ2v) is 8.38. The van der Waals surface area contributed by atoms with Gasteiger partial charge in [0.2, 0.25) is 0 Å². The number of ether oxygens (including phenoxy) is 1. The maximum Gasteiger partial charge on any atom is 0.341 e. The van der Waals surface area contributed by atoms with Gasteiger partial charge in [0.05, 0.1) is 16.6 Å². The van der Waals surface area contributed by atoms with Gasteiger partial charge >= 0.3 is 5.97 Å². The van der Waals surface area contributed by atoms with Gasteiger partial charge in [-0.1, -0.05) is 11.6 Å². The fraction of sp³-hybridized carbons (Fsp3) is 0.217. The normalized spacial score (nSPS) is 17.2. The van der Waals surface area contributed by atoms with Gasteiger partial charge in [-0.2, -0.15) is 0 Å². The molecule has 0 saturated carbocycles. The number of hydrogen-bond acceptors (Lipinski definition) is 6. The van der Waals surface area contributed by atoms with Crippen molar-refractivity contribution in [2.75, 3.05) is 18.0 Å². The van der Waals surface area contributed by atoms with Crippen molar-refractivity contribution < 1.29 is 9.53 Å².